The lowest BCUT2D eigenvalue weighted by molar-refractivity contribution is 0.574. The minimum atomic E-state index is 0.219. The smallest absolute Gasteiger partial charge is 0.0960 e. The lowest BCUT2D eigenvalue weighted by Gasteiger charge is -2.07. The molecule has 78 valence electrons. The van der Waals surface area contributed by atoms with E-state index in [0.717, 1.165) is 15.8 Å². The van der Waals surface area contributed by atoms with Crippen LogP contribution >= 0.6 is 22.9 Å². The Balaban J connectivity index is 2.08. The highest BCUT2D eigenvalue weighted by Crippen LogP contribution is 2.49. The summed E-state index contributed by atoms with van der Waals surface area (Å²) in [5, 5.41) is 0. The fraction of sp³-hybridized carbons (Fsp3) is 0.636. The molecule has 1 fully saturated rings. The molecule has 1 aliphatic carbocycles. The van der Waals surface area contributed by atoms with Crippen molar-refractivity contribution < 1.29 is 0 Å². The van der Waals surface area contributed by atoms with Gasteiger partial charge in [0.05, 0.1) is 4.34 Å². The Morgan fingerprint density at radius 1 is 1.71 bits per heavy atom. The molecule has 2 rings (SSSR count). The summed E-state index contributed by atoms with van der Waals surface area (Å²) in [5.41, 5.74) is 7.36. The van der Waals surface area contributed by atoms with E-state index in [-0.39, 0.29) is 6.04 Å². The summed E-state index contributed by atoms with van der Waals surface area (Å²) in [6, 6.07) is 2.36. The van der Waals surface area contributed by atoms with Crippen molar-refractivity contribution in [2.24, 2.45) is 17.6 Å². The minimum Gasteiger partial charge on any atom is -0.323 e. The molecule has 14 heavy (non-hydrogen) atoms. The van der Waals surface area contributed by atoms with E-state index >= 15 is 0 Å². The summed E-state index contributed by atoms with van der Waals surface area (Å²) in [6.45, 7) is 4.28. The second-order valence-corrected chi connectivity index (χ2v) is 5.89. The maximum absolute atomic E-state index is 6.20. The molecule has 0 saturated heterocycles. The molecule has 1 saturated carbocycles. The molecule has 1 aromatic rings. The fourth-order valence-corrected chi connectivity index (χ4v) is 3.33. The molecule has 1 aromatic heterocycles. The van der Waals surface area contributed by atoms with Crippen LogP contribution in [-0.4, -0.2) is 0 Å². The Morgan fingerprint density at radius 3 is 2.86 bits per heavy atom. The Morgan fingerprint density at radius 2 is 2.43 bits per heavy atom. The van der Waals surface area contributed by atoms with E-state index in [1.165, 1.54) is 17.7 Å². The van der Waals surface area contributed by atoms with Crippen LogP contribution in [0.2, 0.25) is 4.34 Å². The zero-order valence-corrected chi connectivity index (χ0v) is 10.2. The largest absolute Gasteiger partial charge is 0.323 e. The monoisotopic (exact) mass is 229 g/mol. The third-order valence-electron chi connectivity index (χ3n) is 3.17. The third kappa shape index (κ3) is 1.83. The molecule has 3 heteroatoms. The van der Waals surface area contributed by atoms with E-state index in [9.17, 15) is 0 Å². The van der Waals surface area contributed by atoms with Gasteiger partial charge >= 0.3 is 0 Å². The lowest BCUT2D eigenvalue weighted by Crippen LogP contribution is -2.11. The highest BCUT2D eigenvalue weighted by Gasteiger charge is 2.40. The second kappa shape index (κ2) is 3.84. The molecule has 1 heterocycles. The van der Waals surface area contributed by atoms with E-state index in [1.807, 2.05) is 6.92 Å². The highest BCUT2D eigenvalue weighted by atomic mass is 35.5. The molecule has 0 bridgehead atoms. The normalized spacial score (nSPS) is 27.7. The quantitative estimate of drug-likeness (QED) is 0.839. The van der Waals surface area contributed by atoms with Crippen LogP contribution in [0.1, 0.15) is 36.2 Å². The lowest BCUT2D eigenvalue weighted by atomic mass is 10.1. The molecule has 3 atom stereocenters. The molecule has 1 aliphatic rings. The molecule has 0 aromatic carbocycles. The molecular weight excluding hydrogens is 214 g/mol. The van der Waals surface area contributed by atoms with E-state index in [0.29, 0.717) is 5.92 Å². The first-order valence-corrected chi connectivity index (χ1v) is 6.34. The second-order valence-electron chi connectivity index (χ2n) is 4.20. The SMILES string of the molecule is CCC1CC1C(N)c1cc(C)c(Cl)s1. The van der Waals surface area contributed by atoms with Gasteiger partial charge in [-0.3, -0.25) is 0 Å². The highest BCUT2D eigenvalue weighted by molar-refractivity contribution is 7.16. The molecule has 1 nitrogen and oxygen atoms in total. The van der Waals surface area contributed by atoms with E-state index in [1.54, 1.807) is 11.3 Å². The first-order valence-electron chi connectivity index (χ1n) is 5.15. The molecule has 0 amide bonds. The zero-order chi connectivity index (χ0) is 10.3. The summed E-state index contributed by atoms with van der Waals surface area (Å²) in [4.78, 5) is 1.26. The predicted molar refractivity (Wildman–Crippen MR) is 62.9 cm³/mol. The first kappa shape index (κ1) is 10.5. The van der Waals surface area contributed by atoms with Gasteiger partial charge in [-0.15, -0.1) is 11.3 Å². The van der Waals surface area contributed by atoms with Crippen molar-refractivity contribution in [3.8, 4) is 0 Å². The van der Waals surface area contributed by atoms with E-state index < -0.39 is 0 Å². The summed E-state index contributed by atoms with van der Waals surface area (Å²) in [7, 11) is 0. The fourth-order valence-electron chi connectivity index (χ4n) is 2.04. The Kier molecular flexibility index (Phi) is 2.87. The number of hydrogen-bond acceptors (Lipinski definition) is 2. The number of hydrogen-bond donors (Lipinski definition) is 1. The van der Waals surface area contributed by atoms with E-state index in [4.69, 9.17) is 17.3 Å². The van der Waals surface area contributed by atoms with Crippen LogP contribution in [0, 0.1) is 18.8 Å². The van der Waals surface area contributed by atoms with Crippen LogP contribution in [-0.2, 0) is 0 Å². The van der Waals surface area contributed by atoms with Gasteiger partial charge in [-0.1, -0.05) is 24.9 Å². The van der Waals surface area contributed by atoms with Crippen LogP contribution in [0.5, 0.6) is 0 Å². The third-order valence-corrected chi connectivity index (χ3v) is 4.82. The van der Waals surface area contributed by atoms with Crippen LogP contribution in [0.4, 0.5) is 0 Å². The van der Waals surface area contributed by atoms with Crippen molar-refractivity contribution >= 4 is 22.9 Å². The standard InChI is InChI=1S/C11H16ClNS/c1-3-7-5-8(7)10(13)9-4-6(2)11(12)14-9/h4,7-8,10H,3,5,13H2,1-2H3. The first-order chi connectivity index (χ1) is 6.63. The number of thiophene rings is 1. The minimum absolute atomic E-state index is 0.219. The molecule has 0 radical (unpaired) electrons. The van der Waals surface area contributed by atoms with Gasteiger partial charge in [0.15, 0.2) is 0 Å². The van der Waals surface area contributed by atoms with Gasteiger partial charge in [0.1, 0.15) is 0 Å². The Hall–Kier alpha value is -0.0500. The van der Waals surface area contributed by atoms with Gasteiger partial charge in [-0.05, 0) is 36.8 Å². The predicted octanol–water partition coefficient (Wildman–Crippen LogP) is 3.76. The van der Waals surface area contributed by atoms with Gasteiger partial charge in [-0.2, -0.15) is 0 Å². The van der Waals surface area contributed by atoms with Crippen molar-refractivity contribution in [3.63, 3.8) is 0 Å². The number of aryl methyl sites for hydroxylation is 1. The number of nitrogens with two attached hydrogens (primary N) is 1. The van der Waals surface area contributed by atoms with Crippen molar-refractivity contribution in [1.82, 2.24) is 0 Å². The van der Waals surface area contributed by atoms with Gasteiger partial charge in [0.25, 0.3) is 0 Å². The zero-order valence-electron chi connectivity index (χ0n) is 8.59. The molecule has 3 unspecified atom stereocenters. The summed E-state index contributed by atoms with van der Waals surface area (Å²) in [6.07, 6.45) is 2.56. The Bertz CT molecular complexity index is 315. The number of halogens is 1. The van der Waals surface area contributed by atoms with E-state index in [2.05, 4.69) is 13.0 Å². The molecule has 2 N–H and O–H groups in total. The summed E-state index contributed by atoms with van der Waals surface area (Å²) >= 11 is 7.68. The van der Waals surface area contributed by atoms with Crippen molar-refractivity contribution in [1.29, 1.82) is 0 Å². The molecular formula is C11H16ClNS. The van der Waals surface area contributed by atoms with Crippen LogP contribution in [0.15, 0.2) is 6.07 Å². The van der Waals surface area contributed by atoms with Gasteiger partial charge < -0.3 is 5.73 Å². The van der Waals surface area contributed by atoms with Crippen molar-refractivity contribution in [2.45, 2.75) is 32.7 Å². The Labute approximate surface area is 94.3 Å². The van der Waals surface area contributed by atoms with Crippen LogP contribution in [0.25, 0.3) is 0 Å². The molecule has 0 aliphatic heterocycles. The topological polar surface area (TPSA) is 26.0 Å². The van der Waals surface area contributed by atoms with Gasteiger partial charge in [-0.25, -0.2) is 0 Å². The average Bonchev–Trinajstić information content (AvgIpc) is 2.87. The maximum Gasteiger partial charge on any atom is 0.0960 e. The van der Waals surface area contributed by atoms with Crippen LogP contribution < -0.4 is 5.73 Å². The number of rotatable bonds is 3. The van der Waals surface area contributed by atoms with Gasteiger partial charge in [0.2, 0.25) is 0 Å². The maximum atomic E-state index is 6.20. The van der Waals surface area contributed by atoms with Crippen molar-refractivity contribution in [2.75, 3.05) is 0 Å². The average molecular weight is 230 g/mol. The molecule has 0 spiro atoms. The van der Waals surface area contributed by atoms with Crippen LogP contribution in [0.3, 0.4) is 0 Å². The van der Waals surface area contributed by atoms with Crippen molar-refractivity contribution in [3.05, 3.63) is 20.8 Å². The van der Waals surface area contributed by atoms with Gasteiger partial charge in [0, 0.05) is 10.9 Å². The summed E-state index contributed by atoms with van der Waals surface area (Å²) < 4.78 is 0.893. The summed E-state index contributed by atoms with van der Waals surface area (Å²) in [5.74, 6) is 1.56.